The minimum Gasteiger partial charge on any atom is -0.493 e. The summed E-state index contributed by atoms with van der Waals surface area (Å²) in [6.45, 7) is 2.93. The SMILES string of the molecule is Cc1ccccc1OCCC(=O)Nc1ccnn1Cc1ccccc1. The molecule has 3 rings (SSSR count). The van der Waals surface area contributed by atoms with Crippen LogP contribution in [0, 0.1) is 6.92 Å². The van der Waals surface area contributed by atoms with Crippen LogP contribution in [-0.2, 0) is 11.3 Å². The van der Waals surface area contributed by atoms with E-state index in [0.29, 0.717) is 19.0 Å². The molecule has 0 spiro atoms. The van der Waals surface area contributed by atoms with Gasteiger partial charge in [0.15, 0.2) is 0 Å². The zero-order valence-electron chi connectivity index (χ0n) is 14.2. The zero-order chi connectivity index (χ0) is 17.5. The Labute approximate surface area is 147 Å². The number of nitrogens with one attached hydrogen (secondary N) is 1. The van der Waals surface area contributed by atoms with E-state index in [9.17, 15) is 4.79 Å². The maximum absolute atomic E-state index is 12.2. The molecule has 3 aromatic rings. The van der Waals surface area contributed by atoms with Crippen LogP contribution in [0.4, 0.5) is 5.82 Å². The summed E-state index contributed by atoms with van der Waals surface area (Å²) in [5.41, 5.74) is 2.19. The van der Waals surface area contributed by atoms with Crippen LogP contribution >= 0.6 is 0 Å². The number of aromatic nitrogens is 2. The predicted octanol–water partition coefficient (Wildman–Crippen LogP) is 3.65. The van der Waals surface area contributed by atoms with Crippen molar-refractivity contribution in [2.75, 3.05) is 11.9 Å². The number of hydrogen-bond acceptors (Lipinski definition) is 3. The Balaban J connectivity index is 1.52. The van der Waals surface area contributed by atoms with E-state index in [2.05, 4.69) is 10.4 Å². The highest BCUT2D eigenvalue weighted by atomic mass is 16.5. The first-order chi connectivity index (χ1) is 12.2. The van der Waals surface area contributed by atoms with Crippen LogP contribution in [0.3, 0.4) is 0 Å². The number of ether oxygens (including phenoxy) is 1. The molecule has 0 aliphatic heterocycles. The lowest BCUT2D eigenvalue weighted by Crippen LogP contribution is -2.18. The van der Waals surface area contributed by atoms with E-state index in [4.69, 9.17) is 4.74 Å². The molecule has 1 aromatic heterocycles. The first kappa shape index (κ1) is 16.8. The van der Waals surface area contributed by atoms with Crippen LogP contribution in [0.5, 0.6) is 5.75 Å². The van der Waals surface area contributed by atoms with Crippen LogP contribution in [0.1, 0.15) is 17.5 Å². The molecule has 1 N–H and O–H groups in total. The van der Waals surface area contributed by atoms with Crippen LogP contribution in [0.25, 0.3) is 0 Å². The Morgan fingerprint density at radius 2 is 1.84 bits per heavy atom. The molecule has 25 heavy (non-hydrogen) atoms. The van der Waals surface area contributed by atoms with Crippen molar-refractivity contribution in [1.29, 1.82) is 0 Å². The number of carbonyl (C=O) groups is 1. The normalized spacial score (nSPS) is 10.4. The highest BCUT2D eigenvalue weighted by Crippen LogP contribution is 2.16. The van der Waals surface area contributed by atoms with E-state index in [-0.39, 0.29) is 12.3 Å². The topological polar surface area (TPSA) is 56.1 Å². The van der Waals surface area contributed by atoms with Gasteiger partial charge in [0.2, 0.25) is 5.91 Å². The molecule has 0 unspecified atom stereocenters. The van der Waals surface area contributed by atoms with Crippen molar-refractivity contribution < 1.29 is 9.53 Å². The van der Waals surface area contributed by atoms with Gasteiger partial charge in [-0.1, -0.05) is 48.5 Å². The number of hydrogen-bond donors (Lipinski definition) is 1. The molecule has 1 amide bonds. The van der Waals surface area contributed by atoms with E-state index in [1.54, 1.807) is 16.9 Å². The lowest BCUT2D eigenvalue weighted by atomic mass is 10.2. The number of anilines is 1. The minimum atomic E-state index is -0.0941. The maximum Gasteiger partial charge on any atom is 0.228 e. The van der Waals surface area contributed by atoms with E-state index < -0.39 is 0 Å². The minimum absolute atomic E-state index is 0.0941. The van der Waals surface area contributed by atoms with Crippen LogP contribution in [0.2, 0.25) is 0 Å². The number of para-hydroxylation sites is 1. The summed E-state index contributed by atoms with van der Waals surface area (Å²) in [6.07, 6.45) is 1.97. The van der Waals surface area contributed by atoms with Gasteiger partial charge in [0.1, 0.15) is 11.6 Å². The molecule has 5 nitrogen and oxygen atoms in total. The Kier molecular flexibility index (Phi) is 5.46. The summed E-state index contributed by atoms with van der Waals surface area (Å²) in [5, 5.41) is 7.17. The number of aryl methyl sites for hydroxylation is 1. The Morgan fingerprint density at radius 3 is 2.64 bits per heavy atom. The maximum atomic E-state index is 12.2. The smallest absolute Gasteiger partial charge is 0.228 e. The fourth-order valence-electron chi connectivity index (χ4n) is 2.50. The number of amides is 1. The van der Waals surface area contributed by atoms with Crippen molar-refractivity contribution in [1.82, 2.24) is 9.78 Å². The molecular weight excluding hydrogens is 314 g/mol. The quantitative estimate of drug-likeness (QED) is 0.717. The molecule has 5 heteroatoms. The van der Waals surface area contributed by atoms with Gasteiger partial charge in [-0.25, -0.2) is 4.68 Å². The second-order valence-electron chi connectivity index (χ2n) is 5.77. The van der Waals surface area contributed by atoms with Crippen molar-refractivity contribution in [3.8, 4) is 5.75 Å². The molecule has 0 bridgehead atoms. The largest absolute Gasteiger partial charge is 0.493 e. The third kappa shape index (κ3) is 4.70. The van der Waals surface area contributed by atoms with Gasteiger partial charge in [-0.3, -0.25) is 4.79 Å². The van der Waals surface area contributed by atoms with Crippen molar-refractivity contribution >= 4 is 11.7 Å². The van der Waals surface area contributed by atoms with E-state index in [0.717, 1.165) is 16.9 Å². The molecule has 0 saturated heterocycles. The molecule has 0 aliphatic rings. The number of carbonyl (C=O) groups excluding carboxylic acids is 1. The third-order valence-electron chi connectivity index (χ3n) is 3.84. The van der Waals surface area contributed by atoms with Crippen LogP contribution < -0.4 is 10.1 Å². The molecule has 2 aromatic carbocycles. The number of benzene rings is 2. The van der Waals surface area contributed by atoms with Crippen molar-refractivity contribution in [2.24, 2.45) is 0 Å². The predicted molar refractivity (Wildman–Crippen MR) is 97.7 cm³/mol. The zero-order valence-corrected chi connectivity index (χ0v) is 14.2. The Bertz CT molecular complexity index is 828. The van der Waals surface area contributed by atoms with Crippen LogP contribution in [-0.4, -0.2) is 22.3 Å². The number of rotatable bonds is 7. The first-order valence-electron chi connectivity index (χ1n) is 8.26. The Hall–Kier alpha value is -3.08. The lowest BCUT2D eigenvalue weighted by molar-refractivity contribution is -0.116. The monoisotopic (exact) mass is 335 g/mol. The highest BCUT2D eigenvalue weighted by Gasteiger charge is 2.08. The highest BCUT2D eigenvalue weighted by molar-refractivity contribution is 5.89. The fraction of sp³-hybridized carbons (Fsp3) is 0.200. The van der Waals surface area contributed by atoms with Gasteiger partial charge in [0.25, 0.3) is 0 Å². The molecule has 0 aliphatic carbocycles. The van der Waals surface area contributed by atoms with Gasteiger partial charge in [0.05, 0.1) is 25.8 Å². The van der Waals surface area contributed by atoms with E-state index in [1.165, 1.54) is 0 Å². The van der Waals surface area contributed by atoms with Gasteiger partial charge in [-0.15, -0.1) is 0 Å². The Morgan fingerprint density at radius 1 is 1.08 bits per heavy atom. The average Bonchev–Trinajstić information content (AvgIpc) is 3.04. The van der Waals surface area contributed by atoms with Gasteiger partial charge in [-0.05, 0) is 24.1 Å². The molecule has 0 radical (unpaired) electrons. The van der Waals surface area contributed by atoms with Gasteiger partial charge >= 0.3 is 0 Å². The van der Waals surface area contributed by atoms with E-state index in [1.807, 2.05) is 61.5 Å². The third-order valence-corrected chi connectivity index (χ3v) is 3.84. The first-order valence-corrected chi connectivity index (χ1v) is 8.26. The molecule has 0 saturated carbocycles. The average molecular weight is 335 g/mol. The van der Waals surface area contributed by atoms with Gasteiger partial charge < -0.3 is 10.1 Å². The summed E-state index contributed by atoms with van der Waals surface area (Å²) in [4.78, 5) is 12.2. The second-order valence-corrected chi connectivity index (χ2v) is 5.77. The molecular formula is C20H21N3O2. The lowest BCUT2D eigenvalue weighted by Gasteiger charge is -2.10. The molecule has 128 valence electrons. The summed E-state index contributed by atoms with van der Waals surface area (Å²) in [5.74, 6) is 1.40. The summed E-state index contributed by atoms with van der Waals surface area (Å²) in [7, 11) is 0. The van der Waals surface area contributed by atoms with Crippen molar-refractivity contribution in [3.63, 3.8) is 0 Å². The molecule has 0 atom stereocenters. The summed E-state index contributed by atoms with van der Waals surface area (Å²) in [6, 6.07) is 19.6. The fourth-order valence-corrected chi connectivity index (χ4v) is 2.50. The van der Waals surface area contributed by atoms with Gasteiger partial charge in [-0.2, -0.15) is 5.10 Å². The molecule has 0 fully saturated rings. The second kappa shape index (κ2) is 8.15. The summed E-state index contributed by atoms with van der Waals surface area (Å²) >= 11 is 0. The van der Waals surface area contributed by atoms with E-state index >= 15 is 0 Å². The summed E-state index contributed by atoms with van der Waals surface area (Å²) < 4.78 is 7.44. The van der Waals surface area contributed by atoms with Crippen molar-refractivity contribution in [2.45, 2.75) is 19.9 Å². The van der Waals surface area contributed by atoms with Crippen LogP contribution in [0.15, 0.2) is 66.9 Å². The van der Waals surface area contributed by atoms with Gasteiger partial charge in [0, 0.05) is 6.07 Å². The number of nitrogens with zero attached hydrogens (tertiary/aromatic N) is 2. The van der Waals surface area contributed by atoms with Crippen molar-refractivity contribution in [3.05, 3.63) is 78.0 Å². The molecule has 1 heterocycles. The standard InChI is InChI=1S/C20H21N3O2/c1-16-7-5-6-10-18(16)25-14-12-20(24)22-19-11-13-21-23(19)15-17-8-3-2-4-9-17/h2-11,13H,12,14-15H2,1H3,(H,22,24).